The van der Waals surface area contributed by atoms with Crippen molar-refractivity contribution in [1.29, 1.82) is 5.41 Å². The number of benzene rings is 2. The summed E-state index contributed by atoms with van der Waals surface area (Å²) in [5.74, 6) is 1.41. The van der Waals surface area contributed by atoms with Gasteiger partial charge in [-0.3, -0.25) is 10.2 Å². The smallest absolute Gasteiger partial charge is 0.283 e. The van der Waals surface area contributed by atoms with E-state index in [9.17, 15) is 4.79 Å². The highest BCUT2D eigenvalue weighted by Gasteiger charge is 2.35. The van der Waals surface area contributed by atoms with Gasteiger partial charge < -0.3 is 9.47 Å². The van der Waals surface area contributed by atoms with Gasteiger partial charge in [0.2, 0.25) is 5.17 Å². The number of ether oxygens (including phenoxy) is 2. The zero-order chi connectivity index (χ0) is 24.2. The number of amidine groups is 2. The van der Waals surface area contributed by atoms with Crippen molar-refractivity contribution in [3.05, 3.63) is 64.7 Å². The predicted octanol–water partition coefficient (Wildman–Crippen LogP) is 5.61. The van der Waals surface area contributed by atoms with Crippen LogP contribution in [0.25, 0.3) is 6.08 Å². The van der Waals surface area contributed by atoms with Crippen molar-refractivity contribution < 1.29 is 14.3 Å². The van der Waals surface area contributed by atoms with Crippen LogP contribution in [0.5, 0.6) is 11.5 Å². The fourth-order valence-electron chi connectivity index (χ4n) is 3.61. The lowest BCUT2D eigenvalue weighted by molar-refractivity contribution is -0.114. The molecule has 0 bridgehead atoms. The van der Waals surface area contributed by atoms with E-state index in [0.717, 1.165) is 22.8 Å². The van der Waals surface area contributed by atoms with E-state index in [1.807, 2.05) is 44.2 Å². The zero-order valence-corrected chi connectivity index (χ0v) is 20.6. The number of thioether (sulfide) groups is 1. The fraction of sp³-hybridized carbons (Fsp3) is 0.308. The van der Waals surface area contributed by atoms with Crippen LogP contribution in [0.4, 0.5) is 0 Å². The van der Waals surface area contributed by atoms with Crippen LogP contribution in [-0.4, -0.2) is 40.2 Å². The van der Waals surface area contributed by atoms with Crippen molar-refractivity contribution in [2.45, 2.75) is 40.0 Å². The Kier molecular flexibility index (Phi) is 7.17. The Hall–Kier alpha value is -3.39. The van der Waals surface area contributed by atoms with E-state index in [0.29, 0.717) is 35.6 Å². The van der Waals surface area contributed by atoms with Crippen LogP contribution in [-0.2, 0) is 4.79 Å². The summed E-state index contributed by atoms with van der Waals surface area (Å²) in [5, 5.41) is 15.6. The molecule has 1 N–H and O–H groups in total. The van der Waals surface area contributed by atoms with Gasteiger partial charge >= 0.3 is 0 Å². The van der Waals surface area contributed by atoms with Crippen molar-refractivity contribution >= 4 is 39.8 Å². The summed E-state index contributed by atoms with van der Waals surface area (Å²) < 4.78 is 12.0. The number of hydrogen-bond acceptors (Lipinski definition) is 6. The molecular weight excluding hydrogens is 448 g/mol. The first-order valence-electron chi connectivity index (χ1n) is 11.3. The minimum atomic E-state index is -0.449. The quantitative estimate of drug-likeness (QED) is 0.395. The second-order valence-electron chi connectivity index (χ2n) is 8.30. The van der Waals surface area contributed by atoms with Crippen molar-refractivity contribution in [2.24, 2.45) is 10.1 Å². The average molecular weight is 477 g/mol. The summed E-state index contributed by atoms with van der Waals surface area (Å²) in [6.45, 7) is 9.03. The molecule has 2 heterocycles. The Morgan fingerprint density at radius 2 is 1.85 bits per heavy atom. The normalized spacial score (nSPS) is 16.6. The van der Waals surface area contributed by atoms with Gasteiger partial charge in [-0.05, 0) is 60.4 Å². The van der Waals surface area contributed by atoms with E-state index in [4.69, 9.17) is 14.9 Å². The standard InChI is InChI=1S/C26H28N4O3S/c1-5-23-29-30-24(27)20(25(31)28-26(30)34-23)15-18-8-6-7-9-21(18)32-12-13-33-22-14-17(4)10-11-19(22)16(2)3/h6-11,14-16,27H,5,12-13H2,1-4H3/b20-15+,27-24?. The van der Waals surface area contributed by atoms with Gasteiger partial charge in [0.1, 0.15) is 29.8 Å². The molecule has 0 fully saturated rings. The molecule has 2 aliphatic rings. The Bertz CT molecular complexity index is 1220. The Labute approximate surface area is 204 Å². The molecule has 34 heavy (non-hydrogen) atoms. The largest absolute Gasteiger partial charge is 0.490 e. The maximum absolute atomic E-state index is 12.6. The van der Waals surface area contributed by atoms with Gasteiger partial charge in [-0.25, -0.2) is 0 Å². The number of carbonyl (C=O) groups excluding carboxylic acids is 1. The molecule has 0 atom stereocenters. The second kappa shape index (κ2) is 10.3. The maximum Gasteiger partial charge on any atom is 0.283 e. The van der Waals surface area contributed by atoms with E-state index in [1.54, 1.807) is 6.08 Å². The van der Waals surface area contributed by atoms with Crippen LogP contribution < -0.4 is 9.47 Å². The molecule has 0 aliphatic carbocycles. The molecule has 2 aromatic carbocycles. The topological polar surface area (TPSA) is 87.3 Å². The first-order chi connectivity index (χ1) is 16.4. The molecule has 7 nitrogen and oxygen atoms in total. The van der Waals surface area contributed by atoms with Crippen LogP contribution >= 0.6 is 11.8 Å². The molecule has 0 saturated carbocycles. The van der Waals surface area contributed by atoms with Gasteiger partial charge in [-0.1, -0.05) is 51.1 Å². The van der Waals surface area contributed by atoms with Crippen molar-refractivity contribution in [2.75, 3.05) is 13.2 Å². The SMILES string of the molecule is CCC1=NN2C(=N)/C(=C\c3ccccc3OCCOc3cc(C)ccc3C(C)C)C(=O)N=C2S1. The number of para-hydroxylation sites is 1. The summed E-state index contributed by atoms with van der Waals surface area (Å²) in [4.78, 5) is 16.8. The summed E-state index contributed by atoms with van der Waals surface area (Å²) in [6, 6.07) is 13.7. The van der Waals surface area contributed by atoms with Gasteiger partial charge in [0.25, 0.3) is 5.91 Å². The van der Waals surface area contributed by atoms with Crippen LogP contribution in [0, 0.1) is 12.3 Å². The lowest BCUT2D eigenvalue weighted by atomic mass is 10.0. The van der Waals surface area contributed by atoms with Crippen LogP contribution in [0.15, 0.2) is 58.1 Å². The minimum absolute atomic E-state index is 0.0183. The number of aliphatic imine (C=N–C) groups is 1. The van der Waals surface area contributed by atoms with E-state index in [1.165, 1.54) is 22.3 Å². The number of amides is 1. The zero-order valence-electron chi connectivity index (χ0n) is 19.8. The number of nitrogens with one attached hydrogen (secondary N) is 1. The van der Waals surface area contributed by atoms with Crippen LogP contribution in [0.1, 0.15) is 49.8 Å². The third-order valence-electron chi connectivity index (χ3n) is 5.41. The lowest BCUT2D eigenvalue weighted by Crippen LogP contribution is -2.35. The number of aryl methyl sites for hydroxylation is 1. The Morgan fingerprint density at radius 3 is 2.59 bits per heavy atom. The number of fused-ring (bicyclic) bond motifs is 1. The highest BCUT2D eigenvalue weighted by atomic mass is 32.2. The van der Waals surface area contributed by atoms with Gasteiger partial charge in [-0.15, -0.1) is 0 Å². The molecule has 0 unspecified atom stereocenters. The summed E-state index contributed by atoms with van der Waals surface area (Å²) >= 11 is 1.33. The van der Waals surface area contributed by atoms with Crippen molar-refractivity contribution in [3.8, 4) is 11.5 Å². The molecule has 0 spiro atoms. The minimum Gasteiger partial charge on any atom is -0.490 e. The van der Waals surface area contributed by atoms with Gasteiger partial charge in [0, 0.05) is 5.56 Å². The van der Waals surface area contributed by atoms with E-state index in [2.05, 4.69) is 36.1 Å². The lowest BCUT2D eigenvalue weighted by Gasteiger charge is -2.20. The molecule has 8 heteroatoms. The monoisotopic (exact) mass is 476 g/mol. The molecular formula is C26H28N4O3S. The number of hydrazone groups is 1. The first-order valence-corrected chi connectivity index (χ1v) is 12.1. The third-order valence-corrected chi connectivity index (χ3v) is 6.46. The molecule has 0 saturated heterocycles. The molecule has 0 aromatic heterocycles. The highest BCUT2D eigenvalue weighted by molar-refractivity contribution is 8.26. The van der Waals surface area contributed by atoms with Gasteiger partial charge in [0.05, 0.1) is 5.57 Å². The Balaban J connectivity index is 1.47. The Morgan fingerprint density at radius 1 is 1.12 bits per heavy atom. The van der Waals surface area contributed by atoms with Gasteiger partial charge in [0.15, 0.2) is 5.84 Å². The molecule has 176 valence electrons. The average Bonchev–Trinajstić information content (AvgIpc) is 3.23. The van der Waals surface area contributed by atoms with E-state index >= 15 is 0 Å². The predicted molar refractivity (Wildman–Crippen MR) is 138 cm³/mol. The first kappa shape index (κ1) is 23.8. The van der Waals surface area contributed by atoms with E-state index in [-0.39, 0.29) is 11.4 Å². The fourth-order valence-corrected chi connectivity index (χ4v) is 4.43. The molecule has 1 amide bonds. The number of carbonyl (C=O) groups is 1. The molecule has 2 aromatic rings. The summed E-state index contributed by atoms with van der Waals surface area (Å²) in [6.07, 6.45) is 2.36. The van der Waals surface area contributed by atoms with Crippen LogP contribution in [0.3, 0.4) is 0 Å². The molecule has 4 rings (SSSR count). The van der Waals surface area contributed by atoms with E-state index < -0.39 is 5.91 Å². The summed E-state index contributed by atoms with van der Waals surface area (Å²) in [7, 11) is 0. The number of hydrogen-bond donors (Lipinski definition) is 1. The maximum atomic E-state index is 12.6. The van der Waals surface area contributed by atoms with Gasteiger partial charge in [-0.2, -0.15) is 15.1 Å². The van der Waals surface area contributed by atoms with Crippen molar-refractivity contribution in [1.82, 2.24) is 5.01 Å². The molecule has 0 radical (unpaired) electrons. The number of nitrogens with zero attached hydrogens (tertiary/aromatic N) is 3. The number of rotatable bonds is 8. The highest BCUT2D eigenvalue weighted by Crippen LogP contribution is 2.31. The summed E-state index contributed by atoms with van der Waals surface area (Å²) in [5.41, 5.74) is 3.19. The van der Waals surface area contributed by atoms with Crippen LogP contribution in [0.2, 0.25) is 0 Å². The third kappa shape index (κ3) is 5.07. The van der Waals surface area contributed by atoms with Crippen molar-refractivity contribution in [3.63, 3.8) is 0 Å². The molecule has 2 aliphatic heterocycles. The second-order valence-corrected chi connectivity index (χ2v) is 9.34.